The number of carbonyl (C=O) groups is 1. The number of hydrogen-bond donors (Lipinski definition) is 2. The van der Waals surface area contributed by atoms with Crippen molar-refractivity contribution in [1.82, 2.24) is 15.5 Å². The summed E-state index contributed by atoms with van der Waals surface area (Å²) < 4.78 is 0. The molecule has 0 bridgehead atoms. The fourth-order valence-electron chi connectivity index (χ4n) is 4.29. The standard InChI is InChI=1S/C27H32N4O.HI/c1-2-28-27(30-19-24-13-8-12-23-11-6-7-14-25(23)24)29-18-22-17-26(32)31(20-22)16-15-21-9-4-3-5-10-21;/h3-14,22H,2,15-20H2,1H3,(H2,28,29,30);1H. The number of guanidine groups is 1. The largest absolute Gasteiger partial charge is 0.357 e. The van der Waals surface area contributed by atoms with Gasteiger partial charge >= 0.3 is 0 Å². The first kappa shape index (κ1) is 25.0. The second-order valence-corrected chi connectivity index (χ2v) is 8.36. The molecular weight excluding hydrogens is 523 g/mol. The van der Waals surface area contributed by atoms with Gasteiger partial charge in [-0.3, -0.25) is 4.79 Å². The molecule has 1 saturated heterocycles. The van der Waals surface area contributed by atoms with Crippen LogP contribution < -0.4 is 10.6 Å². The van der Waals surface area contributed by atoms with Crippen molar-refractivity contribution in [3.8, 4) is 0 Å². The number of hydrogen-bond acceptors (Lipinski definition) is 2. The van der Waals surface area contributed by atoms with E-state index in [4.69, 9.17) is 4.99 Å². The summed E-state index contributed by atoms with van der Waals surface area (Å²) in [7, 11) is 0. The highest BCUT2D eigenvalue weighted by Crippen LogP contribution is 2.20. The van der Waals surface area contributed by atoms with Crippen LogP contribution in [0.1, 0.15) is 24.5 Å². The van der Waals surface area contributed by atoms with Gasteiger partial charge in [0.1, 0.15) is 0 Å². The van der Waals surface area contributed by atoms with E-state index in [1.807, 2.05) is 23.1 Å². The molecule has 1 heterocycles. The zero-order valence-corrected chi connectivity index (χ0v) is 21.5. The number of aliphatic imine (C=N–C) groups is 1. The lowest BCUT2D eigenvalue weighted by molar-refractivity contribution is -0.127. The molecule has 3 aromatic carbocycles. The van der Waals surface area contributed by atoms with Gasteiger partial charge in [-0.2, -0.15) is 0 Å². The summed E-state index contributed by atoms with van der Waals surface area (Å²) in [5.41, 5.74) is 2.49. The van der Waals surface area contributed by atoms with Crippen LogP contribution in [0.5, 0.6) is 0 Å². The maximum absolute atomic E-state index is 12.5. The van der Waals surface area contributed by atoms with E-state index in [1.54, 1.807) is 0 Å². The number of likely N-dealkylation sites (tertiary alicyclic amines) is 1. The van der Waals surface area contributed by atoms with Crippen LogP contribution in [0.25, 0.3) is 10.8 Å². The third-order valence-electron chi connectivity index (χ3n) is 6.00. The van der Waals surface area contributed by atoms with Gasteiger partial charge in [-0.15, -0.1) is 24.0 Å². The van der Waals surface area contributed by atoms with Crippen molar-refractivity contribution in [2.24, 2.45) is 10.9 Å². The molecule has 3 aromatic rings. The Morgan fingerprint density at radius 3 is 2.58 bits per heavy atom. The van der Waals surface area contributed by atoms with Crippen LogP contribution >= 0.6 is 24.0 Å². The van der Waals surface area contributed by atoms with Crippen LogP contribution in [0.2, 0.25) is 0 Å². The predicted molar refractivity (Wildman–Crippen MR) is 147 cm³/mol. The molecule has 2 N–H and O–H groups in total. The van der Waals surface area contributed by atoms with Crippen LogP contribution in [0.15, 0.2) is 77.8 Å². The normalized spacial score (nSPS) is 16.0. The Balaban J connectivity index is 0.00000306. The summed E-state index contributed by atoms with van der Waals surface area (Å²) in [6.45, 7) is 5.82. The van der Waals surface area contributed by atoms with Crippen molar-refractivity contribution in [1.29, 1.82) is 0 Å². The third-order valence-corrected chi connectivity index (χ3v) is 6.00. The Morgan fingerprint density at radius 2 is 1.76 bits per heavy atom. The summed E-state index contributed by atoms with van der Waals surface area (Å²) >= 11 is 0. The Hall–Kier alpha value is -2.61. The lowest BCUT2D eigenvalue weighted by Gasteiger charge is -2.18. The Labute approximate surface area is 213 Å². The second-order valence-electron chi connectivity index (χ2n) is 8.36. The van der Waals surface area contributed by atoms with Crippen molar-refractivity contribution in [3.63, 3.8) is 0 Å². The first-order valence-corrected chi connectivity index (χ1v) is 11.5. The molecule has 0 spiro atoms. The summed E-state index contributed by atoms with van der Waals surface area (Å²) in [6, 6.07) is 25.1. The highest BCUT2D eigenvalue weighted by molar-refractivity contribution is 14.0. The molecule has 174 valence electrons. The molecule has 4 rings (SSSR count). The summed E-state index contributed by atoms with van der Waals surface area (Å²) in [4.78, 5) is 19.3. The lowest BCUT2D eigenvalue weighted by atomic mass is 10.1. The van der Waals surface area contributed by atoms with Crippen molar-refractivity contribution >= 4 is 46.6 Å². The molecule has 0 aliphatic carbocycles. The van der Waals surface area contributed by atoms with Crippen molar-refractivity contribution in [3.05, 3.63) is 83.9 Å². The number of fused-ring (bicyclic) bond motifs is 1. The molecule has 33 heavy (non-hydrogen) atoms. The average molecular weight is 556 g/mol. The molecule has 5 nitrogen and oxygen atoms in total. The second kappa shape index (κ2) is 12.6. The van der Waals surface area contributed by atoms with Gasteiger partial charge in [-0.25, -0.2) is 4.99 Å². The van der Waals surface area contributed by atoms with Gasteiger partial charge in [0.15, 0.2) is 5.96 Å². The van der Waals surface area contributed by atoms with Crippen LogP contribution in [-0.2, 0) is 17.8 Å². The topological polar surface area (TPSA) is 56.7 Å². The van der Waals surface area contributed by atoms with E-state index in [0.717, 1.165) is 38.6 Å². The third kappa shape index (κ3) is 6.93. The first-order chi connectivity index (χ1) is 15.7. The van der Waals surface area contributed by atoms with E-state index < -0.39 is 0 Å². The molecule has 0 aromatic heterocycles. The number of nitrogens with zero attached hydrogens (tertiary/aromatic N) is 2. The van der Waals surface area contributed by atoms with E-state index >= 15 is 0 Å². The number of amides is 1. The Morgan fingerprint density at radius 1 is 1.00 bits per heavy atom. The zero-order chi connectivity index (χ0) is 22.2. The van der Waals surface area contributed by atoms with Gasteiger partial charge in [-0.05, 0) is 35.2 Å². The first-order valence-electron chi connectivity index (χ1n) is 11.5. The maximum Gasteiger partial charge on any atom is 0.223 e. The van der Waals surface area contributed by atoms with Crippen molar-refractivity contribution < 1.29 is 4.79 Å². The maximum atomic E-state index is 12.5. The minimum Gasteiger partial charge on any atom is -0.357 e. The van der Waals surface area contributed by atoms with E-state index in [-0.39, 0.29) is 29.9 Å². The smallest absolute Gasteiger partial charge is 0.223 e. The van der Waals surface area contributed by atoms with E-state index in [1.165, 1.54) is 21.9 Å². The molecule has 1 unspecified atom stereocenters. The number of benzene rings is 3. The molecule has 1 fully saturated rings. The van der Waals surface area contributed by atoms with Crippen LogP contribution in [0.3, 0.4) is 0 Å². The van der Waals surface area contributed by atoms with Gasteiger partial charge in [0.25, 0.3) is 0 Å². The van der Waals surface area contributed by atoms with Gasteiger partial charge in [-0.1, -0.05) is 72.8 Å². The minimum absolute atomic E-state index is 0. The van der Waals surface area contributed by atoms with Crippen LogP contribution in [0, 0.1) is 5.92 Å². The Kier molecular flexibility index (Phi) is 9.54. The molecule has 1 aliphatic rings. The fourth-order valence-corrected chi connectivity index (χ4v) is 4.29. The molecular formula is C27H33IN4O. The number of carbonyl (C=O) groups excluding carboxylic acids is 1. The quantitative estimate of drug-likeness (QED) is 0.242. The van der Waals surface area contributed by atoms with Crippen LogP contribution in [0.4, 0.5) is 0 Å². The lowest BCUT2D eigenvalue weighted by Crippen LogP contribution is -2.40. The summed E-state index contributed by atoms with van der Waals surface area (Å²) in [5.74, 6) is 1.36. The summed E-state index contributed by atoms with van der Waals surface area (Å²) in [6.07, 6.45) is 1.51. The van der Waals surface area contributed by atoms with Gasteiger partial charge in [0, 0.05) is 38.5 Å². The van der Waals surface area contributed by atoms with E-state index in [9.17, 15) is 4.79 Å². The predicted octanol–water partition coefficient (Wildman–Crippen LogP) is 4.60. The fraction of sp³-hybridized carbons (Fsp3) is 0.333. The molecule has 0 saturated carbocycles. The average Bonchev–Trinajstić information content (AvgIpc) is 3.19. The molecule has 1 amide bonds. The van der Waals surface area contributed by atoms with E-state index in [2.05, 4.69) is 72.2 Å². The van der Waals surface area contributed by atoms with Gasteiger partial charge in [0.2, 0.25) is 5.91 Å². The highest BCUT2D eigenvalue weighted by Gasteiger charge is 2.29. The van der Waals surface area contributed by atoms with Crippen molar-refractivity contribution in [2.45, 2.75) is 26.3 Å². The van der Waals surface area contributed by atoms with Crippen LogP contribution in [-0.4, -0.2) is 42.9 Å². The molecule has 0 radical (unpaired) electrons. The van der Waals surface area contributed by atoms with Gasteiger partial charge < -0.3 is 15.5 Å². The minimum atomic E-state index is 0. The molecule has 1 atom stereocenters. The monoisotopic (exact) mass is 556 g/mol. The number of nitrogens with one attached hydrogen (secondary N) is 2. The molecule has 1 aliphatic heterocycles. The van der Waals surface area contributed by atoms with Gasteiger partial charge in [0.05, 0.1) is 6.54 Å². The zero-order valence-electron chi connectivity index (χ0n) is 19.2. The number of halogens is 1. The Bertz CT molecular complexity index is 1060. The SMILES string of the molecule is CCNC(=NCc1cccc2ccccc12)NCC1CC(=O)N(CCc2ccccc2)C1.I. The van der Waals surface area contributed by atoms with E-state index in [0.29, 0.717) is 18.9 Å². The highest BCUT2D eigenvalue weighted by atomic mass is 127. The summed E-state index contributed by atoms with van der Waals surface area (Å²) in [5, 5.41) is 9.27. The molecule has 6 heteroatoms. The number of rotatable bonds is 8. The van der Waals surface area contributed by atoms with Crippen molar-refractivity contribution in [2.75, 3.05) is 26.2 Å².